The molecular formula is C22H27N5O5. The Morgan fingerprint density at radius 1 is 1.19 bits per heavy atom. The second-order valence-electron chi connectivity index (χ2n) is 9.01. The van der Waals surface area contributed by atoms with Crippen LogP contribution in [0.4, 0.5) is 4.79 Å². The lowest BCUT2D eigenvalue weighted by Gasteiger charge is -2.33. The topological polar surface area (TPSA) is 108 Å². The van der Waals surface area contributed by atoms with Crippen molar-refractivity contribution < 1.29 is 19.1 Å². The molecule has 1 unspecified atom stereocenters. The van der Waals surface area contributed by atoms with Gasteiger partial charge in [0.2, 0.25) is 5.78 Å². The van der Waals surface area contributed by atoms with Crippen molar-refractivity contribution in [3.63, 3.8) is 0 Å². The van der Waals surface area contributed by atoms with Gasteiger partial charge in [0, 0.05) is 20.1 Å². The zero-order valence-corrected chi connectivity index (χ0v) is 18.7. The Morgan fingerprint density at radius 2 is 1.94 bits per heavy atom. The van der Waals surface area contributed by atoms with Crippen LogP contribution in [0.1, 0.15) is 39.4 Å². The average Bonchev–Trinajstić information content (AvgIpc) is 3.19. The third kappa shape index (κ3) is 4.17. The molecule has 3 heterocycles. The Labute approximate surface area is 184 Å². The molecule has 4 rings (SSSR count). The number of piperidine rings is 1. The second-order valence-corrected chi connectivity index (χ2v) is 9.01. The number of rotatable bonds is 3. The number of hydrogen-bond donors (Lipinski definition) is 0. The zero-order chi connectivity index (χ0) is 23.0. The van der Waals surface area contributed by atoms with Gasteiger partial charge < -0.3 is 14.4 Å². The summed E-state index contributed by atoms with van der Waals surface area (Å²) in [4.78, 5) is 39.2. The van der Waals surface area contributed by atoms with Gasteiger partial charge in [0.1, 0.15) is 5.60 Å². The normalized spacial score (nSPS) is 17.0. The first-order chi connectivity index (χ1) is 15.2. The molecule has 1 atom stereocenters. The Bertz CT molecular complexity index is 1240. The number of aromatic nitrogens is 4. The van der Waals surface area contributed by atoms with Crippen molar-refractivity contribution in [3.8, 4) is 0 Å². The third-order valence-electron chi connectivity index (χ3n) is 5.44. The molecule has 1 aliphatic rings. The maximum absolute atomic E-state index is 12.8. The fourth-order valence-corrected chi connectivity index (χ4v) is 3.90. The maximum Gasteiger partial charge on any atom is 0.410 e. The highest BCUT2D eigenvalue weighted by atomic mass is 16.6. The van der Waals surface area contributed by atoms with E-state index in [-0.39, 0.29) is 18.7 Å². The summed E-state index contributed by atoms with van der Waals surface area (Å²) in [7, 11) is 1.63. The number of benzene rings is 1. The summed E-state index contributed by atoms with van der Waals surface area (Å²) >= 11 is 0. The number of aryl methyl sites for hydroxylation is 1. The van der Waals surface area contributed by atoms with Crippen molar-refractivity contribution in [1.82, 2.24) is 24.1 Å². The fourth-order valence-electron chi connectivity index (χ4n) is 3.90. The molecule has 1 amide bonds. The molecule has 1 aromatic carbocycles. The number of fused-ring (bicyclic) bond motifs is 3. The van der Waals surface area contributed by atoms with E-state index in [1.165, 1.54) is 4.57 Å². The molecule has 2 aromatic heterocycles. The second kappa shape index (κ2) is 8.25. The van der Waals surface area contributed by atoms with Crippen LogP contribution in [-0.2, 0) is 27.9 Å². The predicted molar refractivity (Wildman–Crippen MR) is 116 cm³/mol. The van der Waals surface area contributed by atoms with E-state index in [1.54, 1.807) is 34.5 Å². The number of esters is 1. The number of para-hydroxylation sites is 1. The summed E-state index contributed by atoms with van der Waals surface area (Å²) in [5.41, 5.74) is -0.119. The Balaban J connectivity index is 1.50. The largest absolute Gasteiger partial charge is 0.457 e. The summed E-state index contributed by atoms with van der Waals surface area (Å²) in [6.07, 6.45) is 0.904. The van der Waals surface area contributed by atoms with Crippen LogP contribution >= 0.6 is 0 Å². The molecule has 0 saturated carbocycles. The highest BCUT2D eigenvalue weighted by molar-refractivity contribution is 5.80. The highest BCUT2D eigenvalue weighted by Gasteiger charge is 2.32. The van der Waals surface area contributed by atoms with Gasteiger partial charge in [-0.1, -0.05) is 12.1 Å². The van der Waals surface area contributed by atoms with Crippen LogP contribution in [0.25, 0.3) is 16.7 Å². The van der Waals surface area contributed by atoms with E-state index in [1.807, 2.05) is 26.8 Å². The first kappa shape index (κ1) is 21.8. The lowest BCUT2D eigenvalue weighted by atomic mass is 9.98. The smallest absolute Gasteiger partial charge is 0.410 e. The number of ether oxygens (including phenoxy) is 2. The van der Waals surface area contributed by atoms with Crippen LogP contribution in [0.5, 0.6) is 0 Å². The summed E-state index contributed by atoms with van der Waals surface area (Å²) in [6.45, 7) is 6.14. The molecule has 1 fully saturated rings. The van der Waals surface area contributed by atoms with Gasteiger partial charge in [0.25, 0.3) is 5.56 Å². The quantitative estimate of drug-likeness (QED) is 0.574. The molecule has 0 radical (unpaired) electrons. The molecule has 10 heteroatoms. The SMILES string of the molecule is Cn1c(=O)c2ccccc2n2c(COC(=O)C3CCCN(C(=O)OC(C)(C)C)C3)nnc12. The van der Waals surface area contributed by atoms with Crippen molar-refractivity contribution in [2.45, 2.75) is 45.8 Å². The molecule has 0 aliphatic carbocycles. The number of nitrogens with zero attached hydrogens (tertiary/aromatic N) is 5. The monoisotopic (exact) mass is 441 g/mol. The molecule has 32 heavy (non-hydrogen) atoms. The summed E-state index contributed by atoms with van der Waals surface area (Å²) in [5, 5.41) is 8.77. The van der Waals surface area contributed by atoms with Crippen molar-refractivity contribution >= 4 is 28.7 Å². The third-order valence-corrected chi connectivity index (χ3v) is 5.44. The lowest BCUT2D eigenvalue weighted by Crippen LogP contribution is -2.45. The molecule has 1 aliphatic heterocycles. The van der Waals surface area contributed by atoms with Crippen LogP contribution < -0.4 is 5.56 Å². The van der Waals surface area contributed by atoms with Crippen molar-refractivity contribution in [3.05, 3.63) is 40.4 Å². The van der Waals surface area contributed by atoms with Gasteiger partial charge >= 0.3 is 12.1 Å². The van der Waals surface area contributed by atoms with Gasteiger partial charge in [-0.3, -0.25) is 18.6 Å². The van der Waals surface area contributed by atoms with Crippen molar-refractivity contribution in [1.29, 1.82) is 0 Å². The lowest BCUT2D eigenvalue weighted by molar-refractivity contribution is -0.151. The summed E-state index contributed by atoms with van der Waals surface area (Å²) < 4.78 is 14.1. The van der Waals surface area contributed by atoms with E-state index in [9.17, 15) is 14.4 Å². The maximum atomic E-state index is 12.8. The molecule has 10 nitrogen and oxygen atoms in total. The molecule has 170 valence electrons. The minimum atomic E-state index is -0.595. The minimum Gasteiger partial charge on any atom is -0.457 e. The van der Waals surface area contributed by atoms with Gasteiger partial charge in [-0.05, 0) is 45.7 Å². The zero-order valence-electron chi connectivity index (χ0n) is 18.7. The van der Waals surface area contributed by atoms with E-state index < -0.39 is 23.6 Å². The molecule has 0 N–H and O–H groups in total. The molecule has 0 bridgehead atoms. The van der Waals surface area contributed by atoms with E-state index in [4.69, 9.17) is 9.47 Å². The standard InChI is InChI=1S/C22H27N5O5/c1-22(2,3)32-21(30)26-11-7-8-14(12-26)19(29)31-13-17-23-24-20-25(4)18(28)15-9-5-6-10-16(15)27(17)20/h5-6,9-10,14H,7-8,11-13H2,1-4H3. The Hall–Kier alpha value is -3.43. The van der Waals surface area contributed by atoms with Gasteiger partial charge in [0.15, 0.2) is 12.4 Å². The van der Waals surface area contributed by atoms with Crippen molar-refractivity contribution in [2.24, 2.45) is 13.0 Å². The average molecular weight is 441 g/mol. The van der Waals surface area contributed by atoms with Crippen LogP contribution in [-0.4, -0.2) is 54.8 Å². The van der Waals surface area contributed by atoms with Crippen LogP contribution in [0.3, 0.4) is 0 Å². The molecule has 1 saturated heterocycles. The van der Waals surface area contributed by atoms with Crippen LogP contribution in [0.15, 0.2) is 29.1 Å². The number of carbonyl (C=O) groups is 2. The van der Waals surface area contributed by atoms with E-state index >= 15 is 0 Å². The number of likely N-dealkylation sites (tertiary alicyclic amines) is 1. The van der Waals surface area contributed by atoms with Gasteiger partial charge in [-0.2, -0.15) is 0 Å². The van der Waals surface area contributed by atoms with Crippen LogP contribution in [0, 0.1) is 5.92 Å². The fraction of sp³-hybridized carbons (Fsp3) is 0.500. The van der Waals surface area contributed by atoms with Crippen LogP contribution in [0.2, 0.25) is 0 Å². The molecule has 3 aromatic rings. The minimum absolute atomic E-state index is 0.0921. The van der Waals surface area contributed by atoms with Gasteiger partial charge in [0.05, 0.1) is 16.8 Å². The number of hydrogen-bond acceptors (Lipinski definition) is 7. The number of carbonyl (C=O) groups excluding carboxylic acids is 2. The van der Waals surface area contributed by atoms with E-state index in [0.717, 1.165) is 0 Å². The summed E-state index contributed by atoms with van der Waals surface area (Å²) in [5.74, 6) is -0.0471. The van der Waals surface area contributed by atoms with Gasteiger partial charge in [-0.25, -0.2) is 4.79 Å². The summed E-state index contributed by atoms with van der Waals surface area (Å²) in [6, 6.07) is 7.15. The number of amides is 1. The van der Waals surface area contributed by atoms with Crippen molar-refractivity contribution in [2.75, 3.05) is 13.1 Å². The first-order valence-electron chi connectivity index (χ1n) is 10.6. The highest BCUT2D eigenvalue weighted by Crippen LogP contribution is 2.21. The predicted octanol–water partition coefficient (Wildman–Crippen LogP) is 2.27. The van der Waals surface area contributed by atoms with Gasteiger partial charge in [-0.15, -0.1) is 10.2 Å². The van der Waals surface area contributed by atoms with E-state index in [0.29, 0.717) is 41.9 Å². The first-order valence-corrected chi connectivity index (χ1v) is 10.6. The Kier molecular flexibility index (Phi) is 5.62. The van der Waals surface area contributed by atoms with E-state index in [2.05, 4.69) is 10.2 Å². The molecule has 0 spiro atoms. The Morgan fingerprint density at radius 3 is 2.69 bits per heavy atom. The molecular weight excluding hydrogens is 414 g/mol.